The Bertz CT molecular complexity index is 2350. The highest BCUT2D eigenvalue weighted by molar-refractivity contribution is 7.22. The Balaban J connectivity index is 1.44. The van der Waals surface area contributed by atoms with Gasteiger partial charge in [-0.2, -0.15) is 25.3 Å². The van der Waals surface area contributed by atoms with E-state index >= 15 is 0 Å². The molecule has 0 bridgehead atoms. The lowest BCUT2D eigenvalue weighted by molar-refractivity contribution is 0.711. The number of hydrogen-bond acceptors (Lipinski definition) is 8. The van der Waals surface area contributed by atoms with Gasteiger partial charge in [0.2, 0.25) is 5.70 Å². The van der Waals surface area contributed by atoms with Crippen LogP contribution in [0.1, 0.15) is 46.2 Å². The fourth-order valence-electron chi connectivity index (χ4n) is 6.24. The van der Waals surface area contributed by atoms with Crippen molar-refractivity contribution in [3.05, 3.63) is 78.1 Å². The number of nitrogens with zero attached hydrogens (tertiary/aromatic N) is 6. The van der Waals surface area contributed by atoms with Crippen LogP contribution in [0.2, 0.25) is 0 Å². The molecule has 0 unspecified atom stereocenters. The zero-order valence-corrected chi connectivity index (χ0v) is 28.4. The van der Waals surface area contributed by atoms with Gasteiger partial charge in [0.05, 0.1) is 55.3 Å². The van der Waals surface area contributed by atoms with E-state index in [9.17, 15) is 5.26 Å². The van der Waals surface area contributed by atoms with Gasteiger partial charge in [-0.05, 0) is 54.0 Å². The number of nitriles is 1. The van der Waals surface area contributed by atoms with Crippen LogP contribution in [0.15, 0.2) is 47.2 Å². The summed E-state index contributed by atoms with van der Waals surface area (Å²) in [4.78, 5) is 7.96. The molecule has 0 aliphatic rings. The Morgan fingerprint density at radius 2 is 1.42 bits per heavy atom. The van der Waals surface area contributed by atoms with Crippen molar-refractivity contribution >= 4 is 134 Å². The smallest absolute Gasteiger partial charge is 0.205 e. The van der Waals surface area contributed by atoms with E-state index in [0.29, 0.717) is 11.3 Å². The quantitative estimate of drug-likeness (QED) is 0.119. The second kappa shape index (κ2) is 11.4. The zero-order valence-electron chi connectivity index (χ0n) is 24.3. The molecule has 8 rings (SSSR count). The molecule has 220 valence electrons. The summed E-state index contributed by atoms with van der Waals surface area (Å²) in [5.41, 5.74) is 8.05. The maximum atomic E-state index is 9.94. The van der Waals surface area contributed by atoms with Crippen molar-refractivity contribution in [1.29, 1.82) is 5.26 Å². The average Bonchev–Trinajstić information content (AvgIpc) is 3.88. The molecule has 0 atom stereocenters. The van der Waals surface area contributed by atoms with Gasteiger partial charge in [0, 0.05) is 43.4 Å². The van der Waals surface area contributed by atoms with Gasteiger partial charge in [-0.15, -0.1) is 34.0 Å². The summed E-state index contributed by atoms with van der Waals surface area (Å²) >= 11 is 7.92. The number of benzene rings is 1. The van der Waals surface area contributed by atoms with Crippen molar-refractivity contribution in [1.82, 2.24) is 17.9 Å². The standard InChI is InChI=1S/C34H24N6S5/c1-4-10-39-23-16-20(14-19(18-35)25-8-6-12-41-25)43-33(23)27-29-30(38-45-37-29)28-32(31(27)39)40(11-5-2)24-17-21(44-34(24)28)15-22(36-3)26-9-7-13-42-26/h6-9,12-17H,4-5,10-11H2,1-2H3/b19-14+,22-15-. The lowest BCUT2D eigenvalue weighted by Crippen LogP contribution is -2.01. The Kier molecular flexibility index (Phi) is 7.16. The summed E-state index contributed by atoms with van der Waals surface area (Å²) in [7, 11) is 0. The minimum absolute atomic E-state index is 0.670. The monoisotopic (exact) mass is 676 g/mol. The van der Waals surface area contributed by atoms with Crippen LogP contribution in [0.5, 0.6) is 0 Å². The summed E-state index contributed by atoms with van der Waals surface area (Å²) in [6, 6.07) is 14.9. The van der Waals surface area contributed by atoms with Crippen LogP contribution in [-0.2, 0) is 13.1 Å². The summed E-state index contributed by atoms with van der Waals surface area (Å²) < 4.78 is 17.2. The topological polar surface area (TPSA) is 63.8 Å². The number of aromatic nitrogens is 4. The van der Waals surface area contributed by atoms with Gasteiger partial charge in [0.15, 0.2) is 0 Å². The van der Waals surface area contributed by atoms with E-state index in [1.54, 1.807) is 45.3 Å². The molecule has 0 fully saturated rings. The Labute approximate surface area is 279 Å². The predicted octanol–water partition coefficient (Wildman–Crippen LogP) is 11.5. The maximum absolute atomic E-state index is 9.94. The molecule has 1 aromatic carbocycles. The number of aryl methyl sites for hydroxylation is 2. The maximum Gasteiger partial charge on any atom is 0.205 e. The third kappa shape index (κ3) is 4.42. The number of hydrogen-bond donors (Lipinski definition) is 0. The molecule has 8 aromatic rings. The summed E-state index contributed by atoms with van der Waals surface area (Å²) in [6.07, 6.45) is 6.03. The van der Waals surface area contributed by atoms with E-state index in [4.69, 9.17) is 15.3 Å². The molecule has 0 radical (unpaired) electrons. The molecular weight excluding hydrogens is 653 g/mol. The van der Waals surface area contributed by atoms with E-state index in [1.807, 2.05) is 47.2 Å². The molecule has 11 heteroatoms. The van der Waals surface area contributed by atoms with Gasteiger partial charge >= 0.3 is 0 Å². The van der Waals surface area contributed by atoms with Gasteiger partial charge < -0.3 is 9.13 Å². The van der Waals surface area contributed by atoms with Crippen LogP contribution < -0.4 is 0 Å². The first kappa shape index (κ1) is 28.4. The molecule has 0 N–H and O–H groups in total. The molecule has 7 aromatic heterocycles. The van der Waals surface area contributed by atoms with Crippen molar-refractivity contribution in [3.8, 4) is 6.07 Å². The Morgan fingerprint density at radius 3 is 1.91 bits per heavy atom. The van der Waals surface area contributed by atoms with Crippen LogP contribution in [-0.4, -0.2) is 17.9 Å². The second-order valence-corrected chi connectivity index (χ2v) is 15.3. The molecule has 7 heterocycles. The molecular formula is C34H24N6S5. The largest absolute Gasteiger partial charge is 0.338 e. The number of fused-ring (bicyclic) bond motifs is 10. The van der Waals surface area contributed by atoms with Gasteiger partial charge in [0.1, 0.15) is 17.1 Å². The number of allylic oxidation sites excluding steroid dienone is 1. The van der Waals surface area contributed by atoms with E-state index in [1.165, 1.54) is 43.2 Å². The molecule has 0 aliphatic carbocycles. The normalized spacial score (nSPS) is 12.8. The van der Waals surface area contributed by atoms with Gasteiger partial charge in [-0.1, -0.05) is 32.0 Å². The van der Waals surface area contributed by atoms with Crippen molar-refractivity contribution in [2.75, 3.05) is 0 Å². The minimum atomic E-state index is 0.670. The Hall–Kier alpha value is -4.10. The highest BCUT2D eigenvalue weighted by atomic mass is 32.1. The molecule has 0 saturated heterocycles. The first-order valence-corrected chi connectivity index (χ1v) is 18.7. The highest BCUT2D eigenvalue weighted by Crippen LogP contribution is 2.48. The van der Waals surface area contributed by atoms with Crippen molar-refractivity contribution in [2.24, 2.45) is 0 Å². The van der Waals surface area contributed by atoms with Crippen LogP contribution in [0, 0.1) is 17.9 Å². The van der Waals surface area contributed by atoms with Crippen molar-refractivity contribution in [3.63, 3.8) is 0 Å². The van der Waals surface area contributed by atoms with Crippen LogP contribution in [0.4, 0.5) is 0 Å². The van der Waals surface area contributed by atoms with E-state index < -0.39 is 0 Å². The Morgan fingerprint density at radius 1 is 0.867 bits per heavy atom. The fraction of sp³-hybridized carbons (Fsp3) is 0.176. The fourth-order valence-corrected chi connectivity index (χ4v) is 10.5. The van der Waals surface area contributed by atoms with Gasteiger partial charge in [0.25, 0.3) is 0 Å². The third-order valence-corrected chi connectivity index (χ3v) is 12.5. The first-order chi connectivity index (χ1) is 22.1. The predicted molar refractivity (Wildman–Crippen MR) is 196 cm³/mol. The van der Waals surface area contributed by atoms with Crippen LogP contribution in [0.25, 0.3) is 81.5 Å². The highest BCUT2D eigenvalue weighted by Gasteiger charge is 2.27. The van der Waals surface area contributed by atoms with E-state index in [2.05, 4.69) is 46.0 Å². The molecule has 0 spiro atoms. The van der Waals surface area contributed by atoms with Gasteiger partial charge in [-0.25, -0.2) is 4.85 Å². The summed E-state index contributed by atoms with van der Waals surface area (Å²) in [5.74, 6) is 0. The lowest BCUT2D eigenvalue weighted by Gasteiger charge is -2.11. The number of thiophene rings is 4. The van der Waals surface area contributed by atoms with Crippen molar-refractivity contribution in [2.45, 2.75) is 39.8 Å². The van der Waals surface area contributed by atoms with Gasteiger partial charge in [-0.3, -0.25) is 0 Å². The molecule has 0 saturated carbocycles. The molecule has 45 heavy (non-hydrogen) atoms. The van der Waals surface area contributed by atoms with Crippen LogP contribution >= 0.6 is 57.1 Å². The third-order valence-electron chi connectivity index (χ3n) is 7.96. The first-order valence-electron chi connectivity index (χ1n) is 14.6. The minimum Gasteiger partial charge on any atom is -0.338 e. The lowest BCUT2D eigenvalue weighted by atomic mass is 10.1. The van der Waals surface area contributed by atoms with Crippen LogP contribution in [0.3, 0.4) is 0 Å². The molecule has 6 nitrogen and oxygen atoms in total. The molecule has 0 aliphatic heterocycles. The number of rotatable bonds is 8. The summed E-state index contributed by atoms with van der Waals surface area (Å²) in [5, 5.41) is 16.3. The summed E-state index contributed by atoms with van der Waals surface area (Å²) in [6.45, 7) is 14.0. The van der Waals surface area contributed by atoms with E-state index in [0.717, 1.165) is 67.2 Å². The van der Waals surface area contributed by atoms with E-state index in [-0.39, 0.29) is 0 Å². The SMILES string of the molecule is [C-]#[N+]/C(=C\c1cc2c(s1)c1c3nsnc3c3c4sc(/C=C(\C#N)c5cccs5)cc4n(CCC)c3c1n2CCC)c1cccs1. The zero-order chi connectivity index (χ0) is 30.7. The average molecular weight is 677 g/mol. The van der Waals surface area contributed by atoms with Crippen molar-refractivity contribution < 1.29 is 0 Å². The second-order valence-electron chi connectivity index (χ2n) is 10.7. The molecule has 0 amide bonds.